The molecule has 0 radical (unpaired) electrons. The molecular formula is C18H20N6O2S. The van der Waals surface area contributed by atoms with Crippen molar-refractivity contribution in [1.29, 1.82) is 0 Å². The van der Waals surface area contributed by atoms with Crippen LogP contribution in [0, 0.1) is 0 Å². The molecule has 0 aromatic carbocycles. The standard InChI is InChI=1S/C18H20N6O2S/c1-27(26)23-16-6-13(12-2-3-12)9-24-10-15(22-18(16)24)8-20-14-4-5-19-17(7-14)21-11-25/h4-7,9-12,23H,2-3,8H2,1H3,(H2,19,20,21,25). The number of carbonyl (C=O) groups excluding carboxylic acids is 1. The van der Waals surface area contributed by atoms with E-state index in [1.165, 1.54) is 18.4 Å². The zero-order chi connectivity index (χ0) is 18.8. The summed E-state index contributed by atoms with van der Waals surface area (Å²) in [5.74, 6) is 1.07. The topological polar surface area (TPSA) is 100 Å². The summed E-state index contributed by atoms with van der Waals surface area (Å²) in [6.45, 7) is 0.514. The zero-order valence-corrected chi connectivity index (χ0v) is 15.6. The van der Waals surface area contributed by atoms with Crippen LogP contribution in [0.3, 0.4) is 0 Å². The summed E-state index contributed by atoms with van der Waals surface area (Å²) >= 11 is 0. The highest BCUT2D eigenvalue weighted by molar-refractivity contribution is 7.85. The van der Waals surface area contributed by atoms with Crippen LogP contribution in [-0.2, 0) is 22.3 Å². The number of anilines is 3. The average molecular weight is 384 g/mol. The number of nitrogens with zero attached hydrogens (tertiary/aromatic N) is 3. The molecule has 0 bridgehead atoms. The summed E-state index contributed by atoms with van der Waals surface area (Å²) < 4.78 is 16.7. The number of fused-ring (bicyclic) bond motifs is 1. The van der Waals surface area contributed by atoms with Gasteiger partial charge < -0.3 is 19.8 Å². The van der Waals surface area contributed by atoms with E-state index in [4.69, 9.17) is 0 Å². The van der Waals surface area contributed by atoms with Crippen molar-refractivity contribution in [3.05, 3.63) is 48.0 Å². The predicted octanol–water partition coefficient (Wildman–Crippen LogP) is 2.49. The molecule has 1 atom stereocenters. The van der Waals surface area contributed by atoms with Gasteiger partial charge in [-0.15, -0.1) is 0 Å². The normalized spacial score (nSPS) is 14.7. The van der Waals surface area contributed by atoms with Gasteiger partial charge in [0.05, 0.1) is 17.9 Å². The van der Waals surface area contributed by atoms with E-state index in [0.29, 0.717) is 24.7 Å². The Morgan fingerprint density at radius 2 is 2.19 bits per heavy atom. The summed E-state index contributed by atoms with van der Waals surface area (Å²) in [6, 6.07) is 5.63. The van der Waals surface area contributed by atoms with E-state index in [1.54, 1.807) is 18.5 Å². The fourth-order valence-corrected chi connectivity index (χ4v) is 3.46. The molecule has 3 heterocycles. The first-order valence-corrected chi connectivity index (χ1v) is 10.2. The van der Waals surface area contributed by atoms with E-state index < -0.39 is 11.0 Å². The van der Waals surface area contributed by atoms with Crippen LogP contribution in [0.1, 0.15) is 30.0 Å². The van der Waals surface area contributed by atoms with Crippen LogP contribution >= 0.6 is 0 Å². The fourth-order valence-electron chi connectivity index (χ4n) is 3.00. The van der Waals surface area contributed by atoms with E-state index in [9.17, 15) is 9.00 Å². The van der Waals surface area contributed by atoms with E-state index in [1.807, 2.05) is 16.7 Å². The molecule has 0 saturated heterocycles. The SMILES string of the molecule is CS(=O)Nc1cc(C2CC2)cn2cc(CNc3ccnc(NC=O)c3)nc12. The number of carbonyl (C=O) groups is 1. The van der Waals surface area contributed by atoms with Crippen LogP contribution in [0.4, 0.5) is 17.2 Å². The molecule has 3 aromatic rings. The van der Waals surface area contributed by atoms with Crippen molar-refractivity contribution in [3.8, 4) is 0 Å². The predicted molar refractivity (Wildman–Crippen MR) is 106 cm³/mol. The number of amides is 1. The van der Waals surface area contributed by atoms with Gasteiger partial charge in [0.1, 0.15) is 16.8 Å². The summed E-state index contributed by atoms with van der Waals surface area (Å²) in [6.07, 6.45) is 10.3. The third kappa shape index (κ3) is 4.08. The molecule has 3 N–H and O–H groups in total. The minimum absolute atomic E-state index is 0.482. The quantitative estimate of drug-likeness (QED) is 0.518. The Kier molecular flexibility index (Phi) is 4.76. The van der Waals surface area contributed by atoms with Crippen molar-refractivity contribution in [2.75, 3.05) is 21.6 Å². The fraction of sp³-hybridized carbons (Fsp3) is 0.278. The van der Waals surface area contributed by atoms with Gasteiger partial charge in [-0.1, -0.05) is 0 Å². The Hall–Kier alpha value is -2.94. The van der Waals surface area contributed by atoms with Gasteiger partial charge in [0.15, 0.2) is 5.65 Å². The molecule has 8 nitrogen and oxygen atoms in total. The Bertz CT molecular complexity index is 1010. The van der Waals surface area contributed by atoms with Crippen LogP contribution in [0.5, 0.6) is 0 Å². The van der Waals surface area contributed by atoms with Crippen molar-refractivity contribution < 1.29 is 9.00 Å². The van der Waals surface area contributed by atoms with E-state index in [-0.39, 0.29) is 0 Å². The second-order valence-corrected chi connectivity index (χ2v) is 7.64. The first-order chi connectivity index (χ1) is 13.1. The molecule has 1 aliphatic carbocycles. The van der Waals surface area contributed by atoms with Gasteiger partial charge in [0, 0.05) is 36.6 Å². The molecule has 4 rings (SSSR count). The first kappa shape index (κ1) is 17.5. The van der Waals surface area contributed by atoms with Crippen LogP contribution in [0.25, 0.3) is 5.65 Å². The lowest BCUT2D eigenvalue weighted by Crippen LogP contribution is -2.04. The average Bonchev–Trinajstić information content (AvgIpc) is 3.40. The molecule has 1 amide bonds. The molecule has 3 aromatic heterocycles. The van der Waals surface area contributed by atoms with Gasteiger partial charge in [0.25, 0.3) is 0 Å². The third-order valence-corrected chi connectivity index (χ3v) is 4.87. The van der Waals surface area contributed by atoms with Gasteiger partial charge in [-0.25, -0.2) is 14.2 Å². The second-order valence-electron chi connectivity index (χ2n) is 6.53. The number of hydrogen-bond donors (Lipinski definition) is 3. The van der Waals surface area contributed by atoms with E-state index in [0.717, 1.165) is 22.7 Å². The maximum Gasteiger partial charge on any atom is 0.212 e. The van der Waals surface area contributed by atoms with Crippen LogP contribution in [-0.4, -0.2) is 31.2 Å². The molecule has 27 heavy (non-hydrogen) atoms. The lowest BCUT2D eigenvalue weighted by molar-refractivity contribution is -0.105. The van der Waals surface area contributed by atoms with Crippen molar-refractivity contribution in [2.24, 2.45) is 0 Å². The summed E-state index contributed by atoms with van der Waals surface area (Å²) in [7, 11) is -1.16. The highest BCUT2D eigenvalue weighted by Crippen LogP contribution is 2.41. The van der Waals surface area contributed by atoms with Crippen LogP contribution < -0.4 is 15.4 Å². The zero-order valence-electron chi connectivity index (χ0n) is 14.8. The number of imidazole rings is 1. The number of hydrogen-bond acceptors (Lipinski definition) is 5. The number of pyridine rings is 2. The maximum absolute atomic E-state index is 11.7. The third-order valence-electron chi connectivity index (χ3n) is 4.37. The molecule has 1 fully saturated rings. The minimum Gasteiger partial charge on any atom is -0.379 e. The molecule has 1 saturated carbocycles. The Labute approximate surface area is 159 Å². The molecule has 0 spiro atoms. The minimum atomic E-state index is -1.16. The molecule has 0 aliphatic heterocycles. The summed E-state index contributed by atoms with van der Waals surface area (Å²) in [4.78, 5) is 19.3. The number of aromatic nitrogens is 3. The molecular weight excluding hydrogens is 364 g/mol. The molecule has 9 heteroatoms. The van der Waals surface area contributed by atoms with Crippen molar-refractivity contribution in [1.82, 2.24) is 14.4 Å². The van der Waals surface area contributed by atoms with Crippen LogP contribution in [0.2, 0.25) is 0 Å². The molecule has 140 valence electrons. The monoisotopic (exact) mass is 384 g/mol. The van der Waals surface area contributed by atoms with E-state index >= 15 is 0 Å². The largest absolute Gasteiger partial charge is 0.379 e. The van der Waals surface area contributed by atoms with Crippen LogP contribution in [0.15, 0.2) is 36.8 Å². The maximum atomic E-state index is 11.7. The lowest BCUT2D eigenvalue weighted by atomic mass is 10.2. The highest BCUT2D eigenvalue weighted by atomic mass is 32.2. The summed E-state index contributed by atoms with van der Waals surface area (Å²) in [5, 5.41) is 5.81. The molecule has 1 aliphatic rings. The van der Waals surface area contributed by atoms with Crippen molar-refractivity contribution in [2.45, 2.75) is 25.3 Å². The lowest BCUT2D eigenvalue weighted by Gasteiger charge is -2.07. The molecule has 1 unspecified atom stereocenters. The van der Waals surface area contributed by atoms with E-state index in [2.05, 4.69) is 37.6 Å². The van der Waals surface area contributed by atoms with Crippen molar-refractivity contribution in [3.63, 3.8) is 0 Å². The van der Waals surface area contributed by atoms with Gasteiger partial charge in [0.2, 0.25) is 6.41 Å². The Balaban J connectivity index is 1.58. The second kappa shape index (κ2) is 7.36. The van der Waals surface area contributed by atoms with Gasteiger partial charge >= 0.3 is 0 Å². The smallest absolute Gasteiger partial charge is 0.212 e. The number of nitrogens with one attached hydrogen (secondary N) is 3. The first-order valence-electron chi connectivity index (χ1n) is 8.64. The Morgan fingerprint density at radius 1 is 1.33 bits per heavy atom. The van der Waals surface area contributed by atoms with Gasteiger partial charge in [-0.3, -0.25) is 4.79 Å². The number of rotatable bonds is 8. The summed E-state index contributed by atoms with van der Waals surface area (Å²) in [5.41, 5.74) is 4.47. The van der Waals surface area contributed by atoms with Gasteiger partial charge in [-0.05, 0) is 36.5 Å². The van der Waals surface area contributed by atoms with Gasteiger partial charge in [-0.2, -0.15) is 0 Å². The highest BCUT2D eigenvalue weighted by Gasteiger charge is 2.25. The Morgan fingerprint density at radius 3 is 2.93 bits per heavy atom. The van der Waals surface area contributed by atoms with Crippen molar-refractivity contribution >= 4 is 40.2 Å².